The van der Waals surface area contributed by atoms with Gasteiger partial charge >= 0.3 is 0 Å². The summed E-state index contributed by atoms with van der Waals surface area (Å²) < 4.78 is 0. The maximum atomic E-state index is 3.44. The number of hydrogen-bond acceptors (Lipinski definition) is 1. The van der Waals surface area contributed by atoms with Gasteiger partial charge in [-0.25, -0.2) is 0 Å². The molecule has 0 radical (unpaired) electrons. The van der Waals surface area contributed by atoms with Crippen molar-refractivity contribution < 1.29 is 0 Å². The zero-order valence-corrected chi connectivity index (χ0v) is 6.35. The molecule has 54 valence electrons. The molecular weight excluding hydrogens is 122 g/mol. The Bertz CT molecular complexity index is 201. The van der Waals surface area contributed by atoms with Gasteiger partial charge in [-0.1, -0.05) is 17.7 Å². The smallest absolute Gasteiger partial charge is 0.0468 e. The largest absolute Gasteiger partial charge is 0.307 e. The molecule has 1 unspecified atom stereocenters. The van der Waals surface area contributed by atoms with Gasteiger partial charge in [-0.05, 0) is 31.9 Å². The van der Waals surface area contributed by atoms with E-state index in [9.17, 15) is 0 Å². The molecule has 0 amide bonds. The SMILES string of the molecule is CC1=C2CCNC2C=CC1. The molecule has 1 heterocycles. The predicted octanol–water partition coefficient (Wildman–Crippen LogP) is 1.62. The molecular formula is C9H13N. The Morgan fingerprint density at radius 3 is 3.30 bits per heavy atom. The minimum Gasteiger partial charge on any atom is -0.307 e. The van der Waals surface area contributed by atoms with Crippen LogP contribution in [0.3, 0.4) is 0 Å². The molecule has 0 aromatic rings. The molecule has 0 saturated carbocycles. The molecule has 0 spiro atoms. The van der Waals surface area contributed by atoms with E-state index in [1.807, 2.05) is 0 Å². The summed E-state index contributed by atoms with van der Waals surface area (Å²) in [6.45, 7) is 3.42. The number of hydrogen-bond donors (Lipinski definition) is 1. The molecule has 2 rings (SSSR count). The van der Waals surface area contributed by atoms with Crippen LogP contribution in [-0.2, 0) is 0 Å². The maximum absolute atomic E-state index is 3.44. The molecule has 1 fully saturated rings. The normalized spacial score (nSPS) is 31.1. The molecule has 0 aromatic heterocycles. The van der Waals surface area contributed by atoms with Gasteiger partial charge in [-0.15, -0.1) is 0 Å². The zero-order valence-electron chi connectivity index (χ0n) is 6.35. The third kappa shape index (κ3) is 0.816. The molecule has 1 atom stereocenters. The molecule has 2 aliphatic rings. The lowest BCUT2D eigenvalue weighted by Crippen LogP contribution is -2.21. The van der Waals surface area contributed by atoms with Crippen LogP contribution >= 0.6 is 0 Å². The van der Waals surface area contributed by atoms with E-state index in [1.165, 1.54) is 19.4 Å². The van der Waals surface area contributed by atoms with Gasteiger partial charge in [0.1, 0.15) is 0 Å². The fourth-order valence-corrected chi connectivity index (χ4v) is 1.82. The first-order valence-electron chi connectivity index (χ1n) is 3.96. The van der Waals surface area contributed by atoms with Crippen LogP contribution in [0.25, 0.3) is 0 Å². The summed E-state index contributed by atoms with van der Waals surface area (Å²) in [7, 11) is 0. The minimum atomic E-state index is 0.591. The summed E-state index contributed by atoms with van der Waals surface area (Å²) in [5, 5.41) is 3.44. The average molecular weight is 135 g/mol. The lowest BCUT2D eigenvalue weighted by Gasteiger charge is -2.14. The summed E-state index contributed by atoms with van der Waals surface area (Å²) in [5.74, 6) is 0. The number of rotatable bonds is 0. The Labute approximate surface area is 61.8 Å². The van der Waals surface area contributed by atoms with Gasteiger partial charge in [0.15, 0.2) is 0 Å². The van der Waals surface area contributed by atoms with Crippen molar-refractivity contribution >= 4 is 0 Å². The molecule has 1 saturated heterocycles. The molecule has 1 aliphatic carbocycles. The zero-order chi connectivity index (χ0) is 6.97. The quantitative estimate of drug-likeness (QED) is 0.498. The highest BCUT2D eigenvalue weighted by atomic mass is 14.9. The van der Waals surface area contributed by atoms with Crippen LogP contribution in [-0.4, -0.2) is 12.6 Å². The van der Waals surface area contributed by atoms with E-state index in [0.29, 0.717) is 6.04 Å². The Morgan fingerprint density at radius 2 is 2.50 bits per heavy atom. The molecule has 0 bridgehead atoms. The lowest BCUT2D eigenvalue weighted by atomic mass is 9.95. The van der Waals surface area contributed by atoms with Gasteiger partial charge in [0.25, 0.3) is 0 Å². The minimum absolute atomic E-state index is 0.591. The average Bonchev–Trinajstić information content (AvgIpc) is 2.36. The first kappa shape index (κ1) is 6.17. The highest BCUT2D eigenvalue weighted by Crippen LogP contribution is 2.25. The van der Waals surface area contributed by atoms with Crippen LogP contribution in [0, 0.1) is 0 Å². The van der Waals surface area contributed by atoms with Crippen molar-refractivity contribution in [1.29, 1.82) is 0 Å². The fraction of sp³-hybridized carbons (Fsp3) is 0.556. The first-order valence-corrected chi connectivity index (χ1v) is 3.96. The van der Waals surface area contributed by atoms with Crippen molar-refractivity contribution in [3.8, 4) is 0 Å². The highest BCUT2D eigenvalue weighted by Gasteiger charge is 2.20. The topological polar surface area (TPSA) is 12.0 Å². The van der Waals surface area contributed by atoms with Crippen LogP contribution in [0.5, 0.6) is 0 Å². The highest BCUT2D eigenvalue weighted by molar-refractivity contribution is 5.32. The Balaban J connectivity index is 2.30. The molecule has 1 heteroatoms. The third-order valence-corrected chi connectivity index (χ3v) is 2.43. The van der Waals surface area contributed by atoms with Crippen molar-refractivity contribution in [2.24, 2.45) is 0 Å². The second-order valence-electron chi connectivity index (χ2n) is 3.12. The molecule has 1 N–H and O–H groups in total. The molecule has 1 nitrogen and oxygen atoms in total. The molecule has 0 aromatic carbocycles. The van der Waals surface area contributed by atoms with Crippen LogP contribution in [0.4, 0.5) is 0 Å². The van der Waals surface area contributed by atoms with Crippen LogP contribution in [0.2, 0.25) is 0 Å². The Hall–Kier alpha value is -0.560. The fourth-order valence-electron chi connectivity index (χ4n) is 1.82. The van der Waals surface area contributed by atoms with Crippen molar-refractivity contribution in [1.82, 2.24) is 5.32 Å². The van der Waals surface area contributed by atoms with Gasteiger partial charge in [0.2, 0.25) is 0 Å². The van der Waals surface area contributed by atoms with Crippen molar-refractivity contribution in [3.05, 3.63) is 23.3 Å². The van der Waals surface area contributed by atoms with Crippen LogP contribution < -0.4 is 5.32 Å². The van der Waals surface area contributed by atoms with Crippen molar-refractivity contribution in [2.45, 2.75) is 25.8 Å². The van der Waals surface area contributed by atoms with E-state index in [2.05, 4.69) is 24.4 Å². The molecule has 10 heavy (non-hydrogen) atoms. The Morgan fingerprint density at radius 1 is 1.60 bits per heavy atom. The van der Waals surface area contributed by atoms with Crippen LogP contribution in [0.1, 0.15) is 19.8 Å². The van der Waals surface area contributed by atoms with Gasteiger partial charge < -0.3 is 5.32 Å². The maximum Gasteiger partial charge on any atom is 0.0468 e. The van der Waals surface area contributed by atoms with E-state index in [-0.39, 0.29) is 0 Å². The summed E-state index contributed by atoms with van der Waals surface area (Å²) >= 11 is 0. The first-order chi connectivity index (χ1) is 4.88. The van der Waals surface area contributed by atoms with E-state index in [4.69, 9.17) is 0 Å². The second kappa shape index (κ2) is 2.24. The van der Waals surface area contributed by atoms with E-state index in [0.717, 1.165) is 0 Å². The van der Waals surface area contributed by atoms with Gasteiger partial charge in [0, 0.05) is 6.04 Å². The Kier molecular flexibility index (Phi) is 1.38. The monoisotopic (exact) mass is 135 g/mol. The summed E-state index contributed by atoms with van der Waals surface area (Å²) in [6, 6.07) is 0.591. The van der Waals surface area contributed by atoms with Crippen molar-refractivity contribution in [2.75, 3.05) is 6.54 Å². The second-order valence-corrected chi connectivity index (χ2v) is 3.12. The predicted molar refractivity (Wildman–Crippen MR) is 42.9 cm³/mol. The van der Waals surface area contributed by atoms with Crippen LogP contribution in [0.15, 0.2) is 23.3 Å². The van der Waals surface area contributed by atoms with E-state index >= 15 is 0 Å². The van der Waals surface area contributed by atoms with E-state index < -0.39 is 0 Å². The van der Waals surface area contributed by atoms with E-state index in [1.54, 1.807) is 11.1 Å². The van der Waals surface area contributed by atoms with Crippen molar-refractivity contribution in [3.63, 3.8) is 0 Å². The lowest BCUT2D eigenvalue weighted by molar-refractivity contribution is 0.761. The number of nitrogens with one attached hydrogen (secondary N) is 1. The summed E-state index contributed by atoms with van der Waals surface area (Å²) in [4.78, 5) is 0. The van der Waals surface area contributed by atoms with Gasteiger partial charge in [-0.2, -0.15) is 0 Å². The van der Waals surface area contributed by atoms with Gasteiger partial charge in [0.05, 0.1) is 0 Å². The number of fused-ring (bicyclic) bond motifs is 1. The standard InChI is InChI=1S/C9H13N/c1-7-3-2-4-9-8(7)5-6-10-9/h2,4,9-10H,3,5-6H2,1H3. The summed E-state index contributed by atoms with van der Waals surface area (Å²) in [6.07, 6.45) is 6.99. The van der Waals surface area contributed by atoms with Gasteiger partial charge in [-0.3, -0.25) is 0 Å². The number of allylic oxidation sites excluding steroid dienone is 2. The molecule has 1 aliphatic heterocycles. The third-order valence-electron chi connectivity index (χ3n) is 2.43. The summed E-state index contributed by atoms with van der Waals surface area (Å²) in [5.41, 5.74) is 3.22.